The summed E-state index contributed by atoms with van der Waals surface area (Å²) in [6.07, 6.45) is 2.31. The number of rotatable bonds is 4. The summed E-state index contributed by atoms with van der Waals surface area (Å²) in [5.74, 6) is 0.872. The van der Waals surface area contributed by atoms with E-state index >= 15 is 0 Å². The van der Waals surface area contributed by atoms with Crippen molar-refractivity contribution in [1.29, 1.82) is 0 Å². The van der Waals surface area contributed by atoms with E-state index in [0.717, 1.165) is 16.0 Å². The molecule has 1 unspecified atom stereocenters. The van der Waals surface area contributed by atoms with E-state index in [2.05, 4.69) is 48.4 Å². The summed E-state index contributed by atoms with van der Waals surface area (Å²) in [6, 6.07) is 0.179. The predicted octanol–water partition coefficient (Wildman–Crippen LogP) is 3.21. The molecule has 0 aliphatic heterocycles. The fourth-order valence-electron chi connectivity index (χ4n) is 2.09. The quantitative estimate of drug-likeness (QED) is 0.902. The van der Waals surface area contributed by atoms with Gasteiger partial charge in [-0.05, 0) is 29.7 Å². The number of nitrogens with zero attached hydrogens (tertiary/aromatic N) is 2. The molecular weight excluding hydrogens is 258 g/mol. The molecule has 0 fully saturated rings. The van der Waals surface area contributed by atoms with Crippen molar-refractivity contribution in [3.8, 4) is 0 Å². The summed E-state index contributed by atoms with van der Waals surface area (Å²) in [4.78, 5) is 8.69. The van der Waals surface area contributed by atoms with Gasteiger partial charge in [0, 0.05) is 12.6 Å². The summed E-state index contributed by atoms with van der Waals surface area (Å²) >= 11 is 1.66. The Morgan fingerprint density at radius 2 is 2.11 bits per heavy atom. The van der Waals surface area contributed by atoms with Gasteiger partial charge in [-0.3, -0.25) is 0 Å². The third kappa shape index (κ3) is 3.04. The van der Waals surface area contributed by atoms with Crippen LogP contribution in [0.3, 0.4) is 0 Å². The third-order valence-corrected chi connectivity index (χ3v) is 4.40. The highest BCUT2D eigenvalue weighted by molar-refractivity contribution is 7.18. The van der Waals surface area contributed by atoms with Gasteiger partial charge in [0.25, 0.3) is 0 Å². The number of hydrogen-bond acceptors (Lipinski definition) is 5. The Hall–Kier alpha value is -1.20. The molecule has 2 aromatic rings. The zero-order valence-corrected chi connectivity index (χ0v) is 12.7. The molecule has 0 aliphatic rings. The van der Waals surface area contributed by atoms with Crippen LogP contribution in [0, 0.1) is 12.3 Å². The molecule has 5 heteroatoms. The van der Waals surface area contributed by atoms with Gasteiger partial charge in [-0.25, -0.2) is 9.97 Å². The number of aliphatic hydroxyl groups excluding tert-OH is 1. The van der Waals surface area contributed by atoms with Crippen LogP contribution in [0.15, 0.2) is 11.7 Å². The summed E-state index contributed by atoms with van der Waals surface area (Å²) in [7, 11) is 0. The van der Waals surface area contributed by atoms with Gasteiger partial charge in [-0.15, -0.1) is 11.3 Å². The number of anilines is 1. The normalized spacial score (nSPS) is 13.7. The molecule has 4 nitrogen and oxygen atoms in total. The molecule has 104 valence electrons. The number of nitrogens with one attached hydrogen (secondary N) is 1. The maximum Gasteiger partial charge on any atom is 0.147 e. The molecule has 2 aromatic heterocycles. The van der Waals surface area contributed by atoms with E-state index in [4.69, 9.17) is 0 Å². The Kier molecular flexibility index (Phi) is 4.06. The number of aryl methyl sites for hydroxylation is 1. The zero-order valence-electron chi connectivity index (χ0n) is 11.9. The molecule has 0 saturated carbocycles. The van der Waals surface area contributed by atoms with E-state index in [1.54, 1.807) is 17.7 Å². The highest BCUT2D eigenvalue weighted by Gasteiger charge is 2.25. The van der Waals surface area contributed by atoms with Gasteiger partial charge in [0.2, 0.25) is 0 Å². The van der Waals surface area contributed by atoms with Crippen molar-refractivity contribution < 1.29 is 5.11 Å². The van der Waals surface area contributed by atoms with Gasteiger partial charge < -0.3 is 10.4 Å². The highest BCUT2D eigenvalue weighted by atomic mass is 32.1. The molecule has 2 rings (SSSR count). The van der Waals surface area contributed by atoms with Crippen LogP contribution in [0.1, 0.15) is 32.8 Å². The summed E-state index contributed by atoms with van der Waals surface area (Å²) < 4.78 is 1.09. The first-order valence-corrected chi connectivity index (χ1v) is 7.37. The Labute approximate surface area is 117 Å². The van der Waals surface area contributed by atoms with Crippen LogP contribution >= 0.6 is 11.3 Å². The first kappa shape index (κ1) is 14.2. The molecule has 0 saturated heterocycles. The van der Waals surface area contributed by atoms with Crippen LogP contribution in [-0.2, 0) is 0 Å². The molecule has 0 aliphatic carbocycles. The number of aliphatic hydroxyl groups is 1. The first-order valence-electron chi connectivity index (χ1n) is 6.49. The van der Waals surface area contributed by atoms with E-state index in [9.17, 15) is 5.11 Å². The minimum absolute atomic E-state index is 0.0618. The van der Waals surface area contributed by atoms with Crippen molar-refractivity contribution in [2.45, 2.75) is 40.2 Å². The van der Waals surface area contributed by atoms with Crippen LogP contribution in [0.5, 0.6) is 0 Å². The van der Waals surface area contributed by atoms with E-state index in [1.165, 1.54) is 5.56 Å². The Bertz CT molecular complexity index is 559. The van der Waals surface area contributed by atoms with Crippen LogP contribution in [-0.4, -0.2) is 27.7 Å². The first-order chi connectivity index (χ1) is 8.93. The van der Waals surface area contributed by atoms with Crippen molar-refractivity contribution >= 4 is 27.4 Å². The van der Waals surface area contributed by atoms with Gasteiger partial charge >= 0.3 is 0 Å². The average molecular weight is 279 g/mol. The minimum Gasteiger partial charge on any atom is -0.396 e. The van der Waals surface area contributed by atoms with E-state index in [0.29, 0.717) is 6.42 Å². The van der Waals surface area contributed by atoms with Gasteiger partial charge in [-0.1, -0.05) is 20.8 Å². The van der Waals surface area contributed by atoms with E-state index in [1.807, 2.05) is 0 Å². The van der Waals surface area contributed by atoms with Gasteiger partial charge in [0.15, 0.2) is 0 Å². The molecule has 2 N–H and O–H groups in total. The van der Waals surface area contributed by atoms with Crippen molar-refractivity contribution in [2.75, 3.05) is 11.9 Å². The Morgan fingerprint density at radius 3 is 2.74 bits per heavy atom. The smallest absolute Gasteiger partial charge is 0.147 e. The second-order valence-corrected chi connectivity index (χ2v) is 6.77. The largest absolute Gasteiger partial charge is 0.396 e. The van der Waals surface area contributed by atoms with Crippen LogP contribution in [0.2, 0.25) is 0 Å². The van der Waals surface area contributed by atoms with Crippen molar-refractivity contribution in [3.63, 3.8) is 0 Å². The fraction of sp³-hybridized carbons (Fsp3) is 0.571. The number of aromatic nitrogens is 2. The lowest BCUT2D eigenvalue weighted by molar-refractivity contribution is 0.235. The zero-order chi connectivity index (χ0) is 14.0. The second kappa shape index (κ2) is 5.43. The Balaban J connectivity index is 2.34. The predicted molar refractivity (Wildman–Crippen MR) is 80.7 cm³/mol. The molecular formula is C14H21N3OS. The van der Waals surface area contributed by atoms with Gasteiger partial charge in [0.05, 0.1) is 10.2 Å². The lowest BCUT2D eigenvalue weighted by atomic mass is 9.85. The second-order valence-electron chi connectivity index (χ2n) is 5.89. The number of thiophene rings is 1. The lowest BCUT2D eigenvalue weighted by Gasteiger charge is -2.31. The summed E-state index contributed by atoms with van der Waals surface area (Å²) in [5, 5.41) is 14.8. The maximum atomic E-state index is 9.23. The third-order valence-electron chi connectivity index (χ3n) is 3.31. The molecule has 1 atom stereocenters. The average Bonchev–Trinajstić information content (AvgIpc) is 2.71. The maximum absolute atomic E-state index is 9.23. The van der Waals surface area contributed by atoms with E-state index in [-0.39, 0.29) is 18.1 Å². The molecule has 0 radical (unpaired) electrons. The fourth-order valence-corrected chi connectivity index (χ4v) is 3.04. The van der Waals surface area contributed by atoms with Crippen LogP contribution < -0.4 is 5.32 Å². The van der Waals surface area contributed by atoms with Crippen molar-refractivity contribution in [1.82, 2.24) is 9.97 Å². The topological polar surface area (TPSA) is 58.0 Å². The Morgan fingerprint density at radius 1 is 1.37 bits per heavy atom. The van der Waals surface area contributed by atoms with E-state index < -0.39 is 0 Å². The summed E-state index contributed by atoms with van der Waals surface area (Å²) in [5.41, 5.74) is 2.26. The number of hydrogen-bond donors (Lipinski definition) is 2. The summed E-state index contributed by atoms with van der Waals surface area (Å²) in [6.45, 7) is 8.73. The SMILES string of the molecule is Cc1csc2c(NC(CCO)C(C)(C)C)ncnc12. The lowest BCUT2D eigenvalue weighted by Crippen LogP contribution is -2.35. The molecule has 19 heavy (non-hydrogen) atoms. The van der Waals surface area contributed by atoms with Crippen LogP contribution in [0.25, 0.3) is 10.2 Å². The van der Waals surface area contributed by atoms with Crippen molar-refractivity contribution in [2.24, 2.45) is 5.41 Å². The molecule has 0 bridgehead atoms. The molecule has 0 aromatic carbocycles. The standard InChI is InChI=1S/C14H21N3OS/c1-9-7-19-12-11(9)15-8-16-13(12)17-10(5-6-18)14(2,3)4/h7-8,10,18H,5-6H2,1-4H3,(H,15,16,17). The number of fused-ring (bicyclic) bond motifs is 1. The molecule has 0 spiro atoms. The minimum atomic E-state index is 0.0618. The monoisotopic (exact) mass is 279 g/mol. The van der Waals surface area contributed by atoms with Crippen molar-refractivity contribution in [3.05, 3.63) is 17.3 Å². The molecule has 2 heterocycles. The van der Waals surface area contributed by atoms with Crippen LogP contribution in [0.4, 0.5) is 5.82 Å². The molecule has 0 amide bonds. The van der Waals surface area contributed by atoms with Gasteiger partial charge in [0.1, 0.15) is 12.1 Å². The highest BCUT2D eigenvalue weighted by Crippen LogP contribution is 2.31. The van der Waals surface area contributed by atoms with Gasteiger partial charge in [-0.2, -0.15) is 0 Å².